The maximum Gasteiger partial charge on any atom is 0.267 e. The lowest BCUT2D eigenvalue weighted by atomic mass is 10.2. The summed E-state index contributed by atoms with van der Waals surface area (Å²) in [4.78, 5) is 18.6. The van der Waals surface area contributed by atoms with Crippen LogP contribution >= 0.6 is 27.3 Å². The number of carbonyl (C=O) groups excluding carboxylic acids is 1. The van der Waals surface area contributed by atoms with E-state index in [0.717, 1.165) is 44.5 Å². The molecule has 0 unspecified atom stereocenters. The zero-order valence-electron chi connectivity index (χ0n) is 13.5. The molecule has 1 aromatic carbocycles. The highest BCUT2D eigenvalue weighted by Gasteiger charge is 2.18. The van der Waals surface area contributed by atoms with E-state index in [1.165, 1.54) is 11.3 Å². The molecule has 0 radical (unpaired) electrons. The molecule has 0 spiro atoms. The number of thiophene rings is 1. The van der Waals surface area contributed by atoms with Crippen molar-refractivity contribution in [2.45, 2.75) is 26.7 Å². The number of pyridine rings is 1. The van der Waals surface area contributed by atoms with E-state index in [9.17, 15) is 4.79 Å². The lowest BCUT2D eigenvalue weighted by Crippen LogP contribution is -2.12. The second-order valence-electron chi connectivity index (χ2n) is 5.66. The molecule has 0 fully saturated rings. The van der Waals surface area contributed by atoms with Gasteiger partial charge in [-0.05, 0) is 49.2 Å². The van der Waals surface area contributed by atoms with E-state index in [4.69, 9.17) is 5.73 Å². The number of nitrogens with two attached hydrogens (primary N) is 1. The monoisotopic (exact) mass is 403 g/mol. The number of carbonyl (C=O) groups is 1. The summed E-state index contributed by atoms with van der Waals surface area (Å²) in [6, 6.07) is 9.67. The van der Waals surface area contributed by atoms with Gasteiger partial charge in [-0.1, -0.05) is 29.3 Å². The Kier molecular flexibility index (Phi) is 4.87. The molecule has 6 heteroatoms. The Morgan fingerprint density at radius 1 is 1.33 bits per heavy atom. The fourth-order valence-electron chi connectivity index (χ4n) is 2.55. The van der Waals surface area contributed by atoms with Crippen molar-refractivity contribution in [2.24, 2.45) is 0 Å². The van der Waals surface area contributed by atoms with Crippen LogP contribution in [0.25, 0.3) is 10.2 Å². The Labute approximate surface area is 153 Å². The molecule has 0 aliphatic carbocycles. The SMILES string of the molecule is CCCc1ccc2c(N)c(C(=O)Nc3ccc(Br)cc3C)sc2n1. The zero-order chi connectivity index (χ0) is 17.3. The van der Waals surface area contributed by atoms with Gasteiger partial charge in [0.15, 0.2) is 0 Å². The number of halogens is 1. The van der Waals surface area contributed by atoms with E-state index >= 15 is 0 Å². The Morgan fingerprint density at radius 3 is 2.83 bits per heavy atom. The molecule has 2 heterocycles. The normalized spacial score (nSPS) is 11.0. The number of aryl methyl sites for hydroxylation is 2. The predicted octanol–water partition coefficient (Wildman–Crippen LogP) is 5.15. The number of nitrogens with zero attached hydrogens (tertiary/aromatic N) is 1. The summed E-state index contributed by atoms with van der Waals surface area (Å²) in [6.07, 6.45) is 1.96. The van der Waals surface area contributed by atoms with Crippen LogP contribution in [0.2, 0.25) is 0 Å². The average molecular weight is 404 g/mol. The fraction of sp³-hybridized carbons (Fsp3) is 0.222. The number of benzene rings is 1. The van der Waals surface area contributed by atoms with E-state index in [2.05, 4.69) is 33.2 Å². The third-order valence-electron chi connectivity index (χ3n) is 3.80. The van der Waals surface area contributed by atoms with Gasteiger partial charge in [0.25, 0.3) is 5.91 Å². The summed E-state index contributed by atoms with van der Waals surface area (Å²) in [5.41, 5.74) is 9.47. The van der Waals surface area contributed by atoms with Gasteiger partial charge in [0.05, 0.1) is 5.69 Å². The molecule has 4 nitrogen and oxygen atoms in total. The van der Waals surface area contributed by atoms with Crippen molar-refractivity contribution >= 4 is 54.8 Å². The molecule has 3 N–H and O–H groups in total. The summed E-state index contributed by atoms with van der Waals surface area (Å²) < 4.78 is 0.979. The van der Waals surface area contributed by atoms with Gasteiger partial charge in [0, 0.05) is 21.2 Å². The minimum atomic E-state index is -0.196. The number of nitrogen functional groups attached to an aromatic ring is 1. The van der Waals surface area contributed by atoms with E-state index in [1.807, 2.05) is 37.3 Å². The Bertz CT molecular complexity index is 920. The van der Waals surface area contributed by atoms with Crippen LogP contribution in [0.4, 0.5) is 11.4 Å². The first-order valence-electron chi connectivity index (χ1n) is 7.75. The van der Waals surface area contributed by atoms with Crippen LogP contribution in [-0.2, 0) is 6.42 Å². The highest BCUT2D eigenvalue weighted by molar-refractivity contribution is 9.10. The van der Waals surface area contributed by atoms with E-state index in [1.54, 1.807) is 0 Å². The summed E-state index contributed by atoms with van der Waals surface area (Å²) in [5.74, 6) is -0.196. The van der Waals surface area contributed by atoms with Crippen LogP contribution in [0, 0.1) is 6.92 Å². The number of aromatic nitrogens is 1. The molecule has 3 rings (SSSR count). The molecule has 0 bridgehead atoms. The predicted molar refractivity (Wildman–Crippen MR) is 105 cm³/mol. The Hall–Kier alpha value is -1.92. The first-order chi connectivity index (χ1) is 11.5. The van der Waals surface area contributed by atoms with Gasteiger partial charge in [0.1, 0.15) is 9.71 Å². The van der Waals surface area contributed by atoms with Gasteiger partial charge in [-0.25, -0.2) is 4.98 Å². The third kappa shape index (κ3) is 3.30. The highest BCUT2D eigenvalue weighted by atomic mass is 79.9. The number of fused-ring (bicyclic) bond motifs is 1. The van der Waals surface area contributed by atoms with Gasteiger partial charge in [0.2, 0.25) is 0 Å². The van der Waals surface area contributed by atoms with Crippen molar-refractivity contribution in [3.05, 3.63) is 50.9 Å². The second kappa shape index (κ2) is 6.91. The molecule has 0 saturated carbocycles. The van der Waals surface area contributed by atoms with Gasteiger partial charge in [-0.2, -0.15) is 0 Å². The first-order valence-corrected chi connectivity index (χ1v) is 9.36. The van der Waals surface area contributed by atoms with Crippen LogP contribution in [0.1, 0.15) is 34.3 Å². The van der Waals surface area contributed by atoms with E-state index in [0.29, 0.717) is 10.6 Å². The van der Waals surface area contributed by atoms with Gasteiger partial charge in [-0.3, -0.25) is 4.79 Å². The summed E-state index contributed by atoms with van der Waals surface area (Å²) in [5, 5.41) is 3.78. The van der Waals surface area contributed by atoms with Crippen molar-refractivity contribution in [3.63, 3.8) is 0 Å². The lowest BCUT2D eigenvalue weighted by molar-refractivity contribution is 0.103. The average Bonchev–Trinajstić information content (AvgIpc) is 2.87. The van der Waals surface area contributed by atoms with Gasteiger partial charge in [-0.15, -0.1) is 11.3 Å². The summed E-state index contributed by atoms with van der Waals surface area (Å²) in [7, 11) is 0. The van der Waals surface area contributed by atoms with Crippen LogP contribution in [0.5, 0.6) is 0 Å². The minimum absolute atomic E-state index is 0.196. The molecular weight excluding hydrogens is 386 g/mol. The largest absolute Gasteiger partial charge is 0.397 e. The first kappa shape index (κ1) is 16.9. The summed E-state index contributed by atoms with van der Waals surface area (Å²) in [6.45, 7) is 4.07. The number of hydrogen-bond acceptors (Lipinski definition) is 4. The Balaban J connectivity index is 1.93. The number of nitrogens with one attached hydrogen (secondary N) is 1. The molecule has 0 aliphatic rings. The highest BCUT2D eigenvalue weighted by Crippen LogP contribution is 2.33. The fourth-order valence-corrected chi connectivity index (χ4v) is 4.03. The summed E-state index contributed by atoms with van der Waals surface area (Å²) >= 11 is 4.77. The van der Waals surface area contributed by atoms with Crippen molar-refractivity contribution in [1.29, 1.82) is 0 Å². The van der Waals surface area contributed by atoms with Crippen molar-refractivity contribution in [1.82, 2.24) is 4.98 Å². The quantitative estimate of drug-likeness (QED) is 0.632. The standard InChI is InChI=1S/C18H18BrN3OS/c1-3-4-12-6-7-13-15(20)16(24-18(13)21-12)17(23)22-14-8-5-11(19)9-10(14)2/h5-9H,3-4,20H2,1-2H3,(H,22,23). The van der Waals surface area contributed by atoms with Crippen LogP contribution in [0.15, 0.2) is 34.8 Å². The molecule has 1 amide bonds. The molecular formula is C18H18BrN3OS. The number of rotatable bonds is 4. The van der Waals surface area contributed by atoms with Crippen LogP contribution in [-0.4, -0.2) is 10.9 Å². The maximum absolute atomic E-state index is 12.6. The van der Waals surface area contributed by atoms with Crippen molar-refractivity contribution in [3.8, 4) is 0 Å². The Morgan fingerprint density at radius 2 is 2.12 bits per heavy atom. The molecule has 124 valence electrons. The second-order valence-corrected chi connectivity index (χ2v) is 7.58. The van der Waals surface area contributed by atoms with Gasteiger partial charge >= 0.3 is 0 Å². The number of anilines is 2. The minimum Gasteiger partial charge on any atom is -0.397 e. The topological polar surface area (TPSA) is 68.0 Å². The van der Waals surface area contributed by atoms with Crippen LogP contribution in [0.3, 0.4) is 0 Å². The molecule has 2 aromatic heterocycles. The van der Waals surface area contributed by atoms with Crippen molar-refractivity contribution in [2.75, 3.05) is 11.1 Å². The molecule has 3 aromatic rings. The third-order valence-corrected chi connectivity index (χ3v) is 5.41. The molecule has 0 atom stereocenters. The number of hydrogen-bond donors (Lipinski definition) is 2. The van der Waals surface area contributed by atoms with E-state index < -0.39 is 0 Å². The van der Waals surface area contributed by atoms with E-state index in [-0.39, 0.29) is 5.91 Å². The lowest BCUT2D eigenvalue weighted by Gasteiger charge is -2.08. The number of amides is 1. The molecule has 0 saturated heterocycles. The van der Waals surface area contributed by atoms with Crippen LogP contribution < -0.4 is 11.1 Å². The maximum atomic E-state index is 12.6. The molecule has 0 aliphatic heterocycles. The molecule has 24 heavy (non-hydrogen) atoms. The zero-order valence-corrected chi connectivity index (χ0v) is 15.9. The smallest absolute Gasteiger partial charge is 0.267 e. The van der Waals surface area contributed by atoms with Crippen molar-refractivity contribution < 1.29 is 4.79 Å². The van der Waals surface area contributed by atoms with Gasteiger partial charge < -0.3 is 11.1 Å².